The standard InChI is InChI=1S/C23H35N3/c1-7-15-24-20(5)17-25-21(6)23(16-18(2)3)26-19(4)13-14-22-11-9-8-10-12-22/h7-12,18,23-26H,1,4-6,13-17H2,2-3H3. The number of nitrogens with one attached hydrogen (secondary N) is 3. The maximum atomic E-state index is 4.23. The average molecular weight is 354 g/mol. The van der Waals surface area contributed by atoms with Gasteiger partial charge in [-0.1, -0.05) is 70.0 Å². The van der Waals surface area contributed by atoms with E-state index in [0.717, 1.165) is 42.9 Å². The minimum absolute atomic E-state index is 0.158. The Bertz CT molecular complexity index is 587. The van der Waals surface area contributed by atoms with Crippen molar-refractivity contribution in [3.63, 3.8) is 0 Å². The van der Waals surface area contributed by atoms with Crippen LogP contribution in [0.15, 0.2) is 79.8 Å². The molecule has 0 saturated carbocycles. The predicted octanol–water partition coefficient (Wildman–Crippen LogP) is 4.53. The second-order valence-corrected chi connectivity index (χ2v) is 7.07. The molecular formula is C23H35N3. The van der Waals surface area contributed by atoms with E-state index in [0.29, 0.717) is 12.5 Å². The van der Waals surface area contributed by atoms with Gasteiger partial charge < -0.3 is 16.0 Å². The zero-order chi connectivity index (χ0) is 19.4. The number of hydrogen-bond acceptors (Lipinski definition) is 3. The molecule has 142 valence electrons. The maximum absolute atomic E-state index is 4.23. The van der Waals surface area contributed by atoms with Gasteiger partial charge in [-0.2, -0.15) is 0 Å². The SMILES string of the molecule is C=CCNC(=C)CNC(=C)C(CC(C)C)NC(=C)CCc1ccccc1. The highest BCUT2D eigenvalue weighted by molar-refractivity contribution is 5.17. The Morgan fingerprint density at radius 3 is 2.35 bits per heavy atom. The molecule has 3 nitrogen and oxygen atoms in total. The predicted molar refractivity (Wildman–Crippen MR) is 115 cm³/mol. The molecule has 1 rings (SSSR count). The molecule has 0 aromatic heterocycles. The summed E-state index contributed by atoms with van der Waals surface area (Å²) in [6.07, 6.45) is 4.73. The van der Waals surface area contributed by atoms with Crippen molar-refractivity contribution < 1.29 is 0 Å². The summed E-state index contributed by atoms with van der Waals surface area (Å²) in [6.45, 7) is 22.0. The molecule has 3 heteroatoms. The molecule has 1 unspecified atom stereocenters. The fourth-order valence-corrected chi connectivity index (χ4v) is 2.64. The van der Waals surface area contributed by atoms with E-state index in [1.807, 2.05) is 12.1 Å². The Kier molecular flexibility index (Phi) is 9.99. The van der Waals surface area contributed by atoms with E-state index in [4.69, 9.17) is 0 Å². The van der Waals surface area contributed by atoms with E-state index in [-0.39, 0.29) is 6.04 Å². The van der Waals surface area contributed by atoms with Gasteiger partial charge in [0.2, 0.25) is 0 Å². The van der Waals surface area contributed by atoms with Crippen LogP contribution in [0.2, 0.25) is 0 Å². The van der Waals surface area contributed by atoms with Gasteiger partial charge in [0.15, 0.2) is 0 Å². The molecular weight excluding hydrogens is 318 g/mol. The van der Waals surface area contributed by atoms with Crippen LogP contribution in [0.4, 0.5) is 0 Å². The van der Waals surface area contributed by atoms with Crippen molar-refractivity contribution in [1.29, 1.82) is 0 Å². The Morgan fingerprint density at radius 2 is 1.73 bits per heavy atom. The number of hydrogen-bond donors (Lipinski definition) is 3. The third kappa shape index (κ3) is 9.16. The highest BCUT2D eigenvalue weighted by Crippen LogP contribution is 2.14. The van der Waals surface area contributed by atoms with Gasteiger partial charge in [0.05, 0.1) is 12.6 Å². The van der Waals surface area contributed by atoms with Crippen LogP contribution >= 0.6 is 0 Å². The van der Waals surface area contributed by atoms with Gasteiger partial charge >= 0.3 is 0 Å². The normalized spacial score (nSPS) is 11.5. The summed E-state index contributed by atoms with van der Waals surface area (Å²) < 4.78 is 0. The Hall–Kier alpha value is -2.42. The van der Waals surface area contributed by atoms with Gasteiger partial charge in [-0.05, 0) is 30.7 Å². The zero-order valence-electron chi connectivity index (χ0n) is 16.5. The first-order valence-electron chi connectivity index (χ1n) is 9.35. The quantitative estimate of drug-likeness (QED) is 0.430. The summed E-state index contributed by atoms with van der Waals surface area (Å²) in [7, 11) is 0. The van der Waals surface area contributed by atoms with Crippen LogP contribution < -0.4 is 16.0 Å². The van der Waals surface area contributed by atoms with Gasteiger partial charge in [0.1, 0.15) is 0 Å². The lowest BCUT2D eigenvalue weighted by atomic mass is 10.0. The van der Waals surface area contributed by atoms with Crippen molar-refractivity contribution in [1.82, 2.24) is 16.0 Å². The van der Waals surface area contributed by atoms with Crippen molar-refractivity contribution in [2.45, 2.75) is 39.2 Å². The molecule has 0 bridgehead atoms. The van der Waals surface area contributed by atoms with Crippen molar-refractivity contribution in [2.24, 2.45) is 5.92 Å². The lowest BCUT2D eigenvalue weighted by Gasteiger charge is -2.26. The largest absolute Gasteiger partial charge is 0.384 e. The Labute approximate surface area is 160 Å². The lowest BCUT2D eigenvalue weighted by Crippen LogP contribution is -2.38. The van der Waals surface area contributed by atoms with Gasteiger partial charge in [-0.25, -0.2) is 0 Å². The van der Waals surface area contributed by atoms with E-state index in [1.54, 1.807) is 0 Å². The number of aryl methyl sites for hydroxylation is 1. The fourth-order valence-electron chi connectivity index (χ4n) is 2.64. The Balaban J connectivity index is 2.50. The fraction of sp³-hybridized carbons (Fsp3) is 0.391. The molecule has 3 N–H and O–H groups in total. The molecule has 0 heterocycles. The van der Waals surface area contributed by atoms with E-state index < -0.39 is 0 Å². The smallest absolute Gasteiger partial charge is 0.0653 e. The minimum atomic E-state index is 0.158. The first kappa shape index (κ1) is 21.6. The van der Waals surface area contributed by atoms with Gasteiger partial charge in [-0.3, -0.25) is 0 Å². The molecule has 0 aliphatic rings. The van der Waals surface area contributed by atoms with E-state index in [9.17, 15) is 0 Å². The first-order chi connectivity index (χ1) is 12.4. The monoisotopic (exact) mass is 353 g/mol. The molecule has 1 aromatic carbocycles. The molecule has 26 heavy (non-hydrogen) atoms. The first-order valence-corrected chi connectivity index (χ1v) is 9.35. The van der Waals surface area contributed by atoms with Gasteiger partial charge in [-0.15, -0.1) is 6.58 Å². The van der Waals surface area contributed by atoms with Crippen molar-refractivity contribution in [3.8, 4) is 0 Å². The topological polar surface area (TPSA) is 36.1 Å². The lowest BCUT2D eigenvalue weighted by molar-refractivity contribution is 0.465. The van der Waals surface area contributed by atoms with Crippen LogP contribution in [0.3, 0.4) is 0 Å². The molecule has 0 radical (unpaired) electrons. The van der Waals surface area contributed by atoms with Crippen molar-refractivity contribution >= 4 is 0 Å². The van der Waals surface area contributed by atoms with Crippen LogP contribution in [0.5, 0.6) is 0 Å². The highest BCUT2D eigenvalue weighted by atomic mass is 15.0. The Morgan fingerprint density at radius 1 is 1.04 bits per heavy atom. The molecule has 0 aliphatic heterocycles. The van der Waals surface area contributed by atoms with Crippen LogP contribution in [0.25, 0.3) is 0 Å². The number of allylic oxidation sites excluding steroid dienone is 1. The molecule has 0 spiro atoms. The molecule has 0 saturated heterocycles. The zero-order valence-corrected chi connectivity index (χ0v) is 16.5. The van der Waals surface area contributed by atoms with Crippen LogP contribution in [0.1, 0.15) is 32.3 Å². The second kappa shape index (κ2) is 12.0. The molecule has 0 amide bonds. The summed E-state index contributed by atoms with van der Waals surface area (Å²) in [5, 5.41) is 10.1. The van der Waals surface area contributed by atoms with Gasteiger partial charge in [0, 0.05) is 23.6 Å². The van der Waals surface area contributed by atoms with Crippen molar-refractivity contribution in [3.05, 3.63) is 85.4 Å². The summed E-state index contributed by atoms with van der Waals surface area (Å²) in [6, 6.07) is 10.7. The van der Waals surface area contributed by atoms with E-state index in [2.05, 4.69) is 80.4 Å². The minimum Gasteiger partial charge on any atom is -0.384 e. The van der Waals surface area contributed by atoms with E-state index >= 15 is 0 Å². The number of benzene rings is 1. The third-order valence-corrected chi connectivity index (χ3v) is 4.09. The third-order valence-electron chi connectivity index (χ3n) is 4.09. The van der Waals surface area contributed by atoms with Crippen LogP contribution in [-0.2, 0) is 6.42 Å². The molecule has 0 aliphatic carbocycles. The summed E-state index contributed by atoms with van der Waals surface area (Å²) in [5.74, 6) is 0.565. The maximum Gasteiger partial charge on any atom is 0.0653 e. The average Bonchev–Trinajstić information content (AvgIpc) is 2.62. The van der Waals surface area contributed by atoms with Crippen molar-refractivity contribution in [2.75, 3.05) is 13.1 Å². The summed E-state index contributed by atoms with van der Waals surface area (Å²) in [4.78, 5) is 0. The van der Waals surface area contributed by atoms with Crippen LogP contribution in [0, 0.1) is 5.92 Å². The molecule has 1 aromatic rings. The molecule has 0 fully saturated rings. The summed E-state index contributed by atoms with van der Waals surface area (Å²) >= 11 is 0. The van der Waals surface area contributed by atoms with E-state index in [1.165, 1.54) is 5.56 Å². The second-order valence-electron chi connectivity index (χ2n) is 7.07. The highest BCUT2D eigenvalue weighted by Gasteiger charge is 2.15. The van der Waals surface area contributed by atoms with Gasteiger partial charge in [0.25, 0.3) is 0 Å². The molecule has 1 atom stereocenters. The number of rotatable bonds is 14. The van der Waals surface area contributed by atoms with Crippen LogP contribution in [-0.4, -0.2) is 19.1 Å². The summed E-state index contributed by atoms with van der Waals surface area (Å²) in [5.41, 5.74) is 4.28.